The van der Waals surface area contributed by atoms with E-state index >= 15 is 0 Å². The van der Waals surface area contributed by atoms with Gasteiger partial charge in [-0.1, -0.05) is 0 Å². The fraction of sp³-hybridized carbons (Fsp3) is 0.0769. The van der Waals surface area contributed by atoms with E-state index in [0.717, 1.165) is 6.20 Å². The maximum absolute atomic E-state index is 12.1. The highest BCUT2D eigenvalue weighted by atomic mass is 16.4. The average molecular weight is 257 g/mol. The number of hydrogen-bond acceptors (Lipinski definition) is 4. The number of anilines is 1. The van der Waals surface area contributed by atoms with Crippen molar-refractivity contribution in [3.8, 4) is 0 Å². The topological polar surface area (TPSA) is 83.4 Å². The summed E-state index contributed by atoms with van der Waals surface area (Å²) in [5.74, 6) is -1.41. The van der Waals surface area contributed by atoms with Crippen LogP contribution in [-0.4, -0.2) is 34.0 Å². The van der Waals surface area contributed by atoms with Crippen molar-refractivity contribution in [1.82, 2.24) is 9.97 Å². The highest BCUT2D eigenvalue weighted by Crippen LogP contribution is 2.12. The first-order valence-electron chi connectivity index (χ1n) is 5.47. The van der Waals surface area contributed by atoms with Crippen LogP contribution in [0.25, 0.3) is 0 Å². The molecule has 1 N–H and O–H groups in total. The molecule has 1 amide bonds. The van der Waals surface area contributed by atoms with Crippen LogP contribution in [0.4, 0.5) is 5.69 Å². The Morgan fingerprint density at radius 2 is 2.00 bits per heavy atom. The molecule has 6 nitrogen and oxygen atoms in total. The Morgan fingerprint density at radius 3 is 2.53 bits per heavy atom. The van der Waals surface area contributed by atoms with Gasteiger partial charge in [0.05, 0.1) is 17.4 Å². The van der Waals surface area contributed by atoms with Gasteiger partial charge in [-0.05, 0) is 24.3 Å². The fourth-order valence-corrected chi connectivity index (χ4v) is 1.49. The van der Waals surface area contributed by atoms with Crippen molar-refractivity contribution >= 4 is 17.6 Å². The molecule has 0 saturated carbocycles. The summed E-state index contributed by atoms with van der Waals surface area (Å²) in [6.07, 6.45) is 4.33. The predicted octanol–water partition coefficient (Wildman–Crippen LogP) is 1.45. The van der Waals surface area contributed by atoms with Gasteiger partial charge >= 0.3 is 5.97 Å². The number of carbonyl (C=O) groups excluding carboxylic acids is 1. The first kappa shape index (κ1) is 12.7. The molecule has 2 aromatic rings. The molecule has 0 atom stereocenters. The van der Waals surface area contributed by atoms with Crippen LogP contribution in [0.3, 0.4) is 0 Å². The van der Waals surface area contributed by atoms with Crippen LogP contribution in [0, 0.1) is 0 Å². The van der Waals surface area contributed by atoms with Gasteiger partial charge in [-0.25, -0.2) is 4.79 Å². The van der Waals surface area contributed by atoms with Gasteiger partial charge in [-0.2, -0.15) is 0 Å². The van der Waals surface area contributed by atoms with Gasteiger partial charge in [0, 0.05) is 19.4 Å². The lowest BCUT2D eigenvalue weighted by molar-refractivity contribution is 0.0695. The van der Waals surface area contributed by atoms with Gasteiger partial charge in [-0.3, -0.25) is 14.8 Å². The van der Waals surface area contributed by atoms with Crippen LogP contribution in [0.2, 0.25) is 0 Å². The molecule has 6 heteroatoms. The molecule has 0 aliphatic heterocycles. The lowest BCUT2D eigenvalue weighted by Gasteiger charge is -2.16. The summed E-state index contributed by atoms with van der Waals surface area (Å²) in [6, 6.07) is 6.20. The molecule has 0 bridgehead atoms. The van der Waals surface area contributed by atoms with E-state index in [4.69, 9.17) is 5.11 Å². The van der Waals surface area contributed by atoms with Crippen LogP contribution < -0.4 is 4.90 Å². The summed E-state index contributed by atoms with van der Waals surface area (Å²) in [5.41, 5.74) is 0.855. The number of hydrogen-bond donors (Lipinski definition) is 1. The zero-order valence-corrected chi connectivity index (χ0v) is 10.1. The van der Waals surface area contributed by atoms with Crippen molar-refractivity contribution in [2.45, 2.75) is 0 Å². The van der Waals surface area contributed by atoms with E-state index in [2.05, 4.69) is 9.97 Å². The molecule has 96 valence electrons. The third-order valence-electron chi connectivity index (χ3n) is 2.57. The second-order valence-corrected chi connectivity index (χ2v) is 3.81. The Morgan fingerprint density at radius 1 is 1.21 bits per heavy atom. The Labute approximate surface area is 109 Å². The third kappa shape index (κ3) is 2.74. The maximum atomic E-state index is 12.1. The molecule has 0 radical (unpaired) electrons. The Bertz CT molecular complexity index is 596. The lowest BCUT2D eigenvalue weighted by Crippen LogP contribution is -2.27. The van der Waals surface area contributed by atoms with Crippen LogP contribution in [-0.2, 0) is 0 Å². The zero-order valence-electron chi connectivity index (χ0n) is 10.1. The highest BCUT2D eigenvalue weighted by Gasteiger charge is 2.15. The van der Waals surface area contributed by atoms with Crippen LogP contribution in [0.5, 0.6) is 0 Å². The summed E-state index contributed by atoms with van der Waals surface area (Å²) >= 11 is 0. The number of carboxylic acid groups (broad SMARTS) is 1. The standard InChI is InChI=1S/C13H11N3O3/c1-16(10-3-2-6-14-8-10)12(17)11-5-4-9(7-15-11)13(18)19/h2-8H,1H3,(H,18,19). The molecule has 2 aromatic heterocycles. The predicted molar refractivity (Wildman–Crippen MR) is 68.2 cm³/mol. The fourth-order valence-electron chi connectivity index (χ4n) is 1.49. The number of nitrogens with zero attached hydrogens (tertiary/aromatic N) is 3. The van der Waals surface area contributed by atoms with E-state index in [9.17, 15) is 9.59 Å². The Hall–Kier alpha value is -2.76. The molecule has 2 rings (SSSR count). The molecular formula is C13H11N3O3. The van der Waals surface area contributed by atoms with Crippen molar-refractivity contribution in [3.63, 3.8) is 0 Å². The number of pyridine rings is 2. The molecule has 0 aliphatic carbocycles. The number of rotatable bonds is 3. The SMILES string of the molecule is CN(C(=O)c1ccc(C(=O)O)cn1)c1cccnc1. The second-order valence-electron chi connectivity index (χ2n) is 3.81. The summed E-state index contributed by atoms with van der Waals surface area (Å²) in [7, 11) is 1.60. The van der Waals surface area contributed by atoms with Crippen LogP contribution in [0.15, 0.2) is 42.9 Å². The minimum absolute atomic E-state index is 0.0422. The van der Waals surface area contributed by atoms with E-state index < -0.39 is 5.97 Å². The van der Waals surface area contributed by atoms with Gasteiger partial charge in [0.25, 0.3) is 5.91 Å². The molecule has 0 fully saturated rings. The molecule has 19 heavy (non-hydrogen) atoms. The minimum Gasteiger partial charge on any atom is -0.478 e. The molecule has 0 saturated heterocycles. The molecule has 0 spiro atoms. The smallest absolute Gasteiger partial charge is 0.337 e. The Kier molecular flexibility index (Phi) is 3.51. The number of aromatic carboxylic acids is 1. The summed E-state index contributed by atoms with van der Waals surface area (Å²) in [6.45, 7) is 0. The molecule has 0 aliphatic rings. The average Bonchev–Trinajstić information content (AvgIpc) is 2.46. The normalized spacial score (nSPS) is 9.95. The Balaban J connectivity index is 2.22. The number of carbonyl (C=O) groups is 2. The summed E-state index contributed by atoms with van der Waals surface area (Å²) < 4.78 is 0. The molecular weight excluding hydrogens is 246 g/mol. The molecule has 0 unspecified atom stereocenters. The number of amides is 1. The minimum atomic E-state index is -1.08. The largest absolute Gasteiger partial charge is 0.478 e. The summed E-state index contributed by atoms with van der Waals surface area (Å²) in [5, 5.41) is 8.76. The zero-order chi connectivity index (χ0) is 13.8. The van der Waals surface area contributed by atoms with Gasteiger partial charge in [0.15, 0.2) is 0 Å². The maximum Gasteiger partial charge on any atom is 0.337 e. The van der Waals surface area contributed by atoms with Gasteiger partial charge in [0.2, 0.25) is 0 Å². The van der Waals surface area contributed by atoms with Crippen molar-refractivity contribution in [2.75, 3.05) is 11.9 Å². The quantitative estimate of drug-likeness (QED) is 0.899. The van der Waals surface area contributed by atoms with E-state index in [0.29, 0.717) is 5.69 Å². The van der Waals surface area contributed by atoms with Crippen molar-refractivity contribution in [3.05, 3.63) is 54.1 Å². The monoisotopic (exact) mass is 257 g/mol. The van der Waals surface area contributed by atoms with E-state index in [1.54, 1.807) is 31.6 Å². The number of aromatic nitrogens is 2. The second kappa shape index (κ2) is 5.26. The van der Waals surface area contributed by atoms with Crippen molar-refractivity contribution < 1.29 is 14.7 Å². The first-order valence-corrected chi connectivity index (χ1v) is 5.47. The van der Waals surface area contributed by atoms with E-state index in [1.807, 2.05) is 0 Å². The highest BCUT2D eigenvalue weighted by molar-refractivity contribution is 6.04. The van der Waals surface area contributed by atoms with E-state index in [1.165, 1.54) is 17.0 Å². The van der Waals surface area contributed by atoms with Gasteiger partial charge < -0.3 is 10.0 Å². The van der Waals surface area contributed by atoms with Crippen molar-refractivity contribution in [2.24, 2.45) is 0 Å². The van der Waals surface area contributed by atoms with Crippen LogP contribution in [0.1, 0.15) is 20.8 Å². The molecule has 0 aromatic carbocycles. The summed E-state index contributed by atoms with van der Waals surface area (Å²) in [4.78, 5) is 32.0. The van der Waals surface area contributed by atoms with Gasteiger partial charge in [0.1, 0.15) is 5.69 Å². The van der Waals surface area contributed by atoms with Gasteiger partial charge in [-0.15, -0.1) is 0 Å². The van der Waals surface area contributed by atoms with E-state index in [-0.39, 0.29) is 17.2 Å². The first-order chi connectivity index (χ1) is 9.09. The van der Waals surface area contributed by atoms with Crippen LogP contribution >= 0.6 is 0 Å². The number of carboxylic acids is 1. The molecule has 2 heterocycles. The lowest BCUT2D eigenvalue weighted by atomic mass is 10.2. The third-order valence-corrected chi connectivity index (χ3v) is 2.57. The van der Waals surface area contributed by atoms with Crippen molar-refractivity contribution in [1.29, 1.82) is 0 Å².